The summed E-state index contributed by atoms with van der Waals surface area (Å²) in [5.74, 6) is 1.26. The number of fused-ring (bicyclic) bond motifs is 3. The van der Waals surface area contributed by atoms with Gasteiger partial charge >= 0.3 is 0 Å². The Hall–Kier alpha value is -2.34. The van der Waals surface area contributed by atoms with Crippen LogP contribution in [0.15, 0.2) is 46.6 Å². The lowest BCUT2D eigenvalue weighted by atomic mass is 9.93. The molecule has 0 bridgehead atoms. The fraction of sp³-hybridized carbons (Fsp3) is 0.261. The molecule has 0 unspecified atom stereocenters. The van der Waals surface area contributed by atoms with Crippen LogP contribution < -0.4 is 15.6 Å². The van der Waals surface area contributed by atoms with Gasteiger partial charge in [-0.25, -0.2) is 0 Å². The van der Waals surface area contributed by atoms with Crippen LogP contribution in [0.3, 0.4) is 0 Å². The molecule has 1 atom stereocenters. The van der Waals surface area contributed by atoms with Crippen LogP contribution in [0.4, 0.5) is 0 Å². The lowest BCUT2D eigenvalue weighted by molar-refractivity contribution is 0.416. The molecule has 2 aromatic heterocycles. The standard InChI is InChI=1S/C23H24N2O2S.ClH/c1-13-11-18(27-4)19(16-7-5-15(6-8-16)14(2)12-24-3)20-17-9-10-28-22(17)23(26)25-21(13)20;/h5-11,14,24H,12H2,1-4H3,(H,25,26);1H/t14-;/m0./s1. The van der Waals surface area contributed by atoms with E-state index in [1.807, 2.05) is 31.5 Å². The van der Waals surface area contributed by atoms with Gasteiger partial charge in [0.2, 0.25) is 0 Å². The fourth-order valence-electron chi connectivity index (χ4n) is 3.92. The number of halogens is 1. The number of thiophene rings is 1. The van der Waals surface area contributed by atoms with Gasteiger partial charge in [0.05, 0.1) is 12.6 Å². The highest BCUT2D eigenvalue weighted by atomic mass is 35.5. The van der Waals surface area contributed by atoms with E-state index in [4.69, 9.17) is 4.74 Å². The quantitative estimate of drug-likeness (QED) is 0.443. The lowest BCUT2D eigenvalue weighted by Gasteiger charge is -2.17. The van der Waals surface area contributed by atoms with Crippen LogP contribution in [0, 0.1) is 6.92 Å². The molecule has 0 aliphatic heterocycles. The van der Waals surface area contributed by atoms with Gasteiger partial charge in [-0.05, 0) is 54.1 Å². The molecule has 0 radical (unpaired) electrons. The molecule has 0 spiro atoms. The first-order chi connectivity index (χ1) is 13.5. The van der Waals surface area contributed by atoms with Crippen LogP contribution >= 0.6 is 23.7 Å². The molecule has 4 nitrogen and oxygen atoms in total. The third-order valence-corrected chi connectivity index (χ3v) is 6.28. The first-order valence-corrected chi connectivity index (χ1v) is 10.3. The van der Waals surface area contributed by atoms with Crippen molar-refractivity contribution in [1.29, 1.82) is 0 Å². The van der Waals surface area contributed by atoms with Crippen LogP contribution in [0.5, 0.6) is 5.75 Å². The Kier molecular flexibility index (Phi) is 6.32. The molecule has 4 aromatic rings. The molecular formula is C23H25ClN2O2S. The van der Waals surface area contributed by atoms with Gasteiger partial charge in [0.15, 0.2) is 0 Å². The number of benzene rings is 2. The molecule has 0 aliphatic carbocycles. The van der Waals surface area contributed by atoms with E-state index < -0.39 is 0 Å². The highest BCUT2D eigenvalue weighted by Crippen LogP contribution is 2.41. The number of nitrogens with one attached hydrogen (secondary N) is 2. The number of hydrogen-bond donors (Lipinski definition) is 2. The molecule has 0 fully saturated rings. The molecular weight excluding hydrogens is 404 g/mol. The first-order valence-electron chi connectivity index (χ1n) is 9.40. The van der Waals surface area contributed by atoms with Crippen molar-refractivity contribution >= 4 is 44.7 Å². The second kappa shape index (κ2) is 8.57. The van der Waals surface area contributed by atoms with Gasteiger partial charge in [0.1, 0.15) is 10.4 Å². The zero-order valence-electron chi connectivity index (χ0n) is 17.0. The third-order valence-electron chi connectivity index (χ3n) is 5.37. The Morgan fingerprint density at radius 3 is 2.59 bits per heavy atom. The fourth-order valence-corrected chi connectivity index (χ4v) is 4.71. The van der Waals surface area contributed by atoms with Crippen molar-refractivity contribution < 1.29 is 4.74 Å². The molecule has 6 heteroatoms. The SMILES string of the molecule is CNC[C@H](C)c1ccc(-c2c(OC)cc(C)c3[nH]c(=O)c4sccc4c23)cc1.Cl. The van der Waals surface area contributed by atoms with Gasteiger partial charge in [-0.1, -0.05) is 31.2 Å². The number of ether oxygens (including phenoxy) is 1. The molecule has 29 heavy (non-hydrogen) atoms. The van der Waals surface area contributed by atoms with Gasteiger partial charge in [-0.2, -0.15) is 0 Å². The normalized spacial score (nSPS) is 12.1. The molecule has 152 valence electrons. The Morgan fingerprint density at radius 1 is 1.21 bits per heavy atom. The maximum atomic E-state index is 12.5. The second-order valence-corrected chi connectivity index (χ2v) is 8.14. The highest BCUT2D eigenvalue weighted by molar-refractivity contribution is 7.17. The average molecular weight is 429 g/mol. The molecule has 4 rings (SSSR count). The second-order valence-electron chi connectivity index (χ2n) is 7.22. The van der Waals surface area contributed by atoms with Gasteiger partial charge in [-0.15, -0.1) is 23.7 Å². The predicted octanol–water partition coefficient (Wildman–Crippen LogP) is 5.47. The number of likely N-dealkylation sites (N-methyl/N-ethyl adjacent to an activating group) is 1. The van der Waals surface area contributed by atoms with Crippen LogP contribution in [-0.2, 0) is 0 Å². The van der Waals surface area contributed by atoms with E-state index in [9.17, 15) is 4.79 Å². The summed E-state index contributed by atoms with van der Waals surface area (Å²) in [6, 6.07) is 12.7. The minimum Gasteiger partial charge on any atom is -0.496 e. The van der Waals surface area contributed by atoms with Crippen molar-refractivity contribution in [1.82, 2.24) is 10.3 Å². The Bertz CT molecular complexity index is 1210. The van der Waals surface area contributed by atoms with Crippen molar-refractivity contribution in [2.75, 3.05) is 20.7 Å². The van der Waals surface area contributed by atoms with E-state index in [1.54, 1.807) is 7.11 Å². The average Bonchev–Trinajstić information content (AvgIpc) is 3.19. The molecule has 0 saturated carbocycles. The van der Waals surface area contributed by atoms with Crippen molar-refractivity contribution in [3.05, 3.63) is 63.3 Å². The summed E-state index contributed by atoms with van der Waals surface area (Å²) in [4.78, 5) is 15.6. The zero-order valence-corrected chi connectivity index (χ0v) is 18.6. The summed E-state index contributed by atoms with van der Waals surface area (Å²) in [5.41, 5.74) is 5.24. The summed E-state index contributed by atoms with van der Waals surface area (Å²) >= 11 is 1.47. The maximum Gasteiger partial charge on any atom is 0.266 e. The highest BCUT2D eigenvalue weighted by Gasteiger charge is 2.18. The molecule has 0 saturated heterocycles. The van der Waals surface area contributed by atoms with E-state index >= 15 is 0 Å². The number of aromatic amines is 1. The molecule has 2 aromatic carbocycles. The van der Waals surface area contributed by atoms with Crippen LogP contribution in [0.2, 0.25) is 0 Å². The monoisotopic (exact) mass is 428 g/mol. The van der Waals surface area contributed by atoms with E-state index in [0.29, 0.717) is 5.92 Å². The number of H-pyrrole nitrogens is 1. The number of rotatable bonds is 5. The van der Waals surface area contributed by atoms with E-state index in [-0.39, 0.29) is 18.0 Å². The summed E-state index contributed by atoms with van der Waals surface area (Å²) in [6.07, 6.45) is 0. The molecule has 2 heterocycles. The van der Waals surface area contributed by atoms with Gasteiger partial charge in [-0.3, -0.25) is 4.79 Å². The smallest absolute Gasteiger partial charge is 0.266 e. The van der Waals surface area contributed by atoms with E-state index in [1.165, 1.54) is 16.9 Å². The number of methoxy groups -OCH3 is 1. The van der Waals surface area contributed by atoms with Gasteiger partial charge in [0, 0.05) is 22.9 Å². The zero-order chi connectivity index (χ0) is 19.8. The number of pyridine rings is 1. The predicted molar refractivity (Wildman–Crippen MR) is 126 cm³/mol. The minimum absolute atomic E-state index is 0. The van der Waals surface area contributed by atoms with Crippen LogP contribution in [-0.4, -0.2) is 25.7 Å². The van der Waals surface area contributed by atoms with E-state index in [2.05, 4.69) is 41.5 Å². The van der Waals surface area contributed by atoms with Crippen molar-refractivity contribution in [2.24, 2.45) is 0 Å². The summed E-state index contributed by atoms with van der Waals surface area (Å²) in [5, 5.41) is 7.23. The molecule has 0 amide bonds. The maximum absolute atomic E-state index is 12.5. The van der Waals surface area contributed by atoms with Crippen molar-refractivity contribution in [2.45, 2.75) is 19.8 Å². The van der Waals surface area contributed by atoms with Crippen LogP contribution in [0.1, 0.15) is 24.0 Å². The third kappa shape index (κ3) is 3.66. The summed E-state index contributed by atoms with van der Waals surface area (Å²) in [6.45, 7) is 5.16. The number of aryl methyl sites for hydroxylation is 1. The Morgan fingerprint density at radius 2 is 1.93 bits per heavy atom. The lowest BCUT2D eigenvalue weighted by Crippen LogP contribution is -2.14. The largest absolute Gasteiger partial charge is 0.496 e. The van der Waals surface area contributed by atoms with Crippen molar-refractivity contribution in [3.63, 3.8) is 0 Å². The van der Waals surface area contributed by atoms with Crippen molar-refractivity contribution in [3.8, 4) is 16.9 Å². The minimum atomic E-state index is -0.0343. The van der Waals surface area contributed by atoms with Gasteiger partial charge < -0.3 is 15.0 Å². The first kappa shape index (κ1) is 21.4. The Labute approximate surface area is 180 Å². The Balaban J connectivity index is 0.00000240. The van der Waals surface area contributed by atoms with Gasteiger partial charge in [0.25, 0.3) is 5.56 Å². The molecule has 0 aliphatic rings. The summed E-state index contributed by atoms with van der Waals surface area (Å²) < 4.78 is 6.51. The number of aromatic nitrogens is 1. The van der Waals surface area contributed by atoms with Crippen LogP contribution in [0.25, 0.3) is 32.1 Å². The summed E-state index contributed by atoms with van der Waals surface area (Å²) in [7, 11) is 3.67. The molecule has 2 N–H and O–H groups in total. The van der Waals surface area contributed by atoms with E-state index in [0.717, 1.165) is 50.0 Å². The topological polar surface area (TPSA) is 54.1 Å². The number of hydrogen-bond acceptors (Lipinski definition) is 4.